The quantitative estimate of drug-likeness (QED) is 0.889. The molecular weight excluding hydrogens is 333 g/mol. The maximum Gasteiger partial charge on any atom is 0.217 e. The Bertz CT molecular complexity index is 734. The van der Waals surface area contributed by atoms with E-state index < -0.39 is 0 Å². The lowest BCUT2D eigenvalue weighted by Gasteiger charge is -2.53. The van der Waals surface area contributed by atoms with E-state index in [9.17, 15) is 9.18 Å². The van der Waals surface area contributed by atoms with Crippen LogP contribution in [0, 0.1) is 28.5 Å². The van der Waals surface area contributed by atoms with Gasteiger partial charge in [-0.05, 0) is 54.1 Å². The summed E-state index contributed by atoms with van der Waals surface area (Å²) < 4.78 is 26.0. The standard InChI is InChI=1S/C21H28FNO3/c1-12(24)23-19-20(2,3)13-9-16-18(26-8-7-21(16,19)11-13)15-6-5-14(25-4)10-17(15)22/h5-6,10,13,16,18-19H,7-9,11H2,1-4H3,(H,23,24)/t13-,16-,18-,19+,21-/m1/s1. The maximum atomic E-state index is 14.7. The van der Waals surface area contributed by atoms with Gasteiger partial charge >= 0.3 is 0 Å². The van der Waals surface area contributed by atoms with E-state index in [0.717, 1.165) is 19.3 Å². The van der Waals surface area contributed by atoms with Gasteiger partial charge in [0.05, 0.1) is 13.2 Å². The van der Waals surface area contributed by atoms with Crippen LogP contribution in [0.5, 0.6) is 5.75 Å². The van der Waals surface area contributed by atoms with E-state index in [1.807, 2.05) is 0 Å². The predicted octanol–water partition coefficient (Wildman–Crippen LogP) is 3.85. The molecule has 0 radical (unpaired) electrons. The van der Waals surface area contributed by atoms with Crippen LogP contribution in [0.15, 0.2) is 18.2 Å². The Hall–Kier alpha value is -1.62. The molecule has 0 aromatic heterocycles. The Morgan fingerprint density at radius 2 is 2.15 bits per heavy atom. The lowest BCUT2D eigenvalue weighted by molar-refractivity contribution is -0.136. The summed E-state index contributed by atoms with van der Waals surface area (Å²) in [5.74, 6) is 1.01. The van der Waals surface area contributed by atoms with Gasteiger partial charge in [-0.1, -0.05) is 13.8 Å². The minimum absolute atomic E-state index is 0.00484. The number of hydrogen-bond acceptors (Lipinski definition) is 3. The molecule has 0 unspecified atom stereocenters. The summed E-state index contributed by atoms with van der Waals surface area (Å²) >= 11 is 0. The van der Waals surface area contributed by atoms with Crippen molar-refractivity contribution >= 4 is 5.91 Å². The topological polar surface area (TPSA) is 47.6 Å². The highest BCUT2D eigenvalue weighted by Gasteiger charge is 2.68. The van der Waals surface area contributed by atoms with E-state index in [1.54, 1.807) is 19.1 Å². The second kappa shape index (κ2) is 5.95. The van der Waals surface area contributed by atoms with Crippen LogP contribution in [0.4, 0.5) is 4.39 Å². The van der Waals surface area contributed by atoms with Gasteiger partial charge in [0.2, 0.25) is 5.91 Å². The molecule has 1 N–H and O–H groups in total. The summed E-state index contributed by atoms with van der Waals surface area (Å²) in [5, 5.41) is 3.25. The zero-order valence-corrected chi connectivity index (χ0v) is 16.0. The molecule has 142 valence electrons. The second-order valence-corrected chi connectivity index (χ2v) is 8.86. The SMILES string of the molecule is COc1ccc([C@H]2OCC[C@@]34C[C@@H](C[C@H]23)C(C)(C)[C@@H]4NC(C)=O)c(F)c1. The normalized spacial score (nSPS) is 37.3. The number of carbonyl (C=O) groups excluding carboxylic acids is 1. The van der Waals surface area contributed by atoms with Crippen molar-refractivity contribution < 1.29 is 18.7 Å². The van der Waals surface area contributed by atoms with E-state index in [2.05, 4.69) is 19.2 Å². The zero-order chi connectivity index (χ0) is 18.7. The van der Waals surface area contributed by atoms with Crippen molar-refractivity contribution in [1.29, 1.82) is 0 Å². The van der Waals surface area contributed by atoms with E-state index in [-0.39, 0.29) is 40.6 Å². The number of nitrogens with one attached hydrogen (secondary N) is 1. The summed E-state index contributed by atoms with van der Waals surface area (Å²) in [5.41, 5.74) is 0.666. The van der Waals surface area contributed by atoms with E-state index in [4.69, 9.17) is 9.47 Å². The third kappa shape index (κ3) is 2.39. The van der Waals surface area contributed by atoms with Crippen LogP contribution in [0.1, 0.15) is 51.7 Å². The molecule has 1 spiro atoms. The third-order valence-electron chi connectivity index (χ3n) is 7.37. The lowest BCUT2D eigenvalue weighted by atomic mass is 9.59. The third-order valence-corrected chi connectivity index (χ3v) is 7.37. The summed E-state index contributed by atoms with van der Waals surface area (Å²) in [6.07, 6.45) is 2.79. The summed E-state index contributed by atoms with van der Waals surface area (Å²) in [4.78, 5) is 11.9. The minimum atomic E-state index is -0.274. The van der Waals surface area contributed by atoms with Crippen molar-refractivity contribution in [3.05, 3.63) is 29.6 Å². The van der Waals surface area contributed by atoms with Gasteiger partial charge in [0, 0.05) is 31.2 Å². The van der Waals surface area contributed by atoms with Gasteiger partial charge in [-0.15, -0.1) is 0 Å². The molecule has 1 aromatic rings. The number of ether oxygens (including phenoxy) is 2. The number of benzene rings is 1. The van der Waals surface area contributed by atoms with Gasteiger partial charge in [0.1, 0.15) is 11.6 Å². The fourth-order valence-electron chi connectivity index (χ4n) is 6.16. The van der Waals surface area contributed by atoms with E-state index >= 15 is 0 Å². The summed E-state index contributed by atoms with van der Waals surface area (Å²) in [6, 6.07) is 5.14. The van der Waals surface area contributed by atoms with Crippen LogP contribution in [0.3, 0.4) is 0 Å². The average Bonchev–Trinajstić information content (AvgIpc) is 3.07. The molecule has 1 heterocycles. The molecule has 2 aliphatic carbocycles. The highest BCUT2D eigenvalue weighted by molar-refractivity contribution is 5.73. The summed E-state index contributed by atoms with van der Waals surface area (Å²) in [6.45, 7) is 6.72. The number of halogens is 1. The largest absolute Gasteiger partial charge is 0.497 e. The molecule has 1 amide bonds. The van der Waals surface area contributed by atoms with Crippen molar-refractivity contribution in [2.45, 2.75) is 52.2 Å². The van der Waals surface area contributed by atoms with E-state index in [1.165, 1.54) is 13.2 Å². The molecule has 3 aliphatic rings. The lowest BCUT2D eigenvalue weighted by Crippen LogP contribution is -2.58. The molecule has 4 rings (SSSR count). The molecule has 3 fully saturated rings. The van der Waals surface area contributed by atoms with Crippen molar-refractivity contribution in [1.82, 2.24) is 5.32 Å². The van der Waals surface area contributed by atoms with Crippen LogP contribution >= 0.6 is 0 Å². The highest BCUT2D eigenvalue weighted by atomic mass is 19.1. The van der Waals surface area contributed by atoms with Crippen molar-refractivity contribution in [2.24, 2.45) is 22.7 Å². The second-order valence-electron chi connectivity index (χ2n) is 8.86. The van der Waals surface area contributed by atoms with E-state index in [0.29, 0.717) is 23.8 Å². The van der Waals surface area contributed by atoms with Crippen LogP contribution in [-0.2, 0) is 9.53 Å². The van der Waals surface area contributed by atoms with Gasteiger partial charge < -0.3 is 14.8 Å². The van der Waals surface area contributed by atoms with Gasteiger partial charge in [-0.3, -0.25) is 4.79 Å². The predicted molar refractivity (Wildman–Crippen MR) is 96.3 cm³/mol. The Kier molecular flexibility index (Phi) is 4.07. The number of amides is 1. The fraction of sp³-hybridized carbons (Fsp3) is 0.667. The number of methoxy groups -OCH3 is 1. The minimum Gasteiger partial charge on any atom is -0.497 e. The smallest absolute Gasteiger partial charge is 0.217 e. The Labute approximate surface area is 154 Å². The number of carbonyl (C=O) groups is 1. The van der Waals surface area contributed by atoms with Crippen LogP contribution in [0.2, 0.25) is 0 Å². The Balaban J connectivity index is 1.71. The van der Waals surface area contributed by atoms with Gasteiger partial charge in [0.25, 0.3) is 0 Å². The average molecular weight is 361 g/mol. The molecule has 1 aromatic carbocycles. The van der Waals surface area contributed by atoms with Gasteiger partial charge in [0.15, 0.2) is 0 Å². The monoisotopic (exact) mass is 361 g/mol. The molecule has 26 heavy (non-hydrogen) atoms. The molecule has 1 aliphatic heterocycles. The van der Waals surface area contributed by atoms with Gasteiger partial charge in [-0.2, -0.15) is 0 Å². The van der Waals surface area contributed by atoms with Crippen molar-refractivity contribution in [2.75, 3.05) is 13.7 Å². The molecule has 2 bridgehead atoms. The first-order valence-electron chi connectivity index (χ1n) is 9.52. The first-order valence-corrected chi connectivity index (χ1v) is 9.52. The fourth-order valence-corrected chi connectivity index (χ4v) is 6.16. The first-order chi connectivity index (χ1) is 12.3. The van der Waals surface area contributed by atoms with Crippen LogP contribution in [0.25, 0.3) is 0 Å². The van der Waals surface area contributed by atoms with Crippen LogP contribution < -0.4 is 10.1 Å². The Morgan fingerprint density at radius 3 is 2.81 bits per heavy atom. The maximum absolute atomic E-state index is 14.7. The molecule has 1 saturated heterocycles. The number of fused-ring (bicyclic) bond motifs is 1. The highest BCUT2D eigenvalue weighted by Crippen LogP contribution is 2.70. The molecule has 2 saturated carbocycles. The Morgan fingerprint density at radius 1 is 1.38 bits per heavy atom. The van der Waals surface area contributed by atoms with Gasteiger partial charge in [-0.25, -0.2) is 4.39 Å². The number of rotatable bonds is 3. The molecule has 5 heteroatoms. The summed E-state index contributed by atoms with van der Waals surface area (Å²) in [7, 11) is 1.54. The first kappa shape index (κ1) is 17.8. The zero-order valence-electron chi connectivity index (χ0n) is 16.0. The van der Waals surface area contributed by atoms with Crippen molar-refractivity contribution in [3.63, 3.8) is 0 Å². The molecule has 4 nitrogen and oxygen atoms in total. The number of hydrogen-bond donors (Lipinski definition) is 1. The van der Waals surface area contributed by atoms with Crippen LogP contribution in [-0.4, -0.2) is 25.7 Å². The molecule has 5 atom stereocenters. The molecular formula is C21H28FNO3. The van der Waals surface area contributed by atoms with Crippen molar-refractivity contribution in [3.8, 4) is 5.75 Å².